The molecule has 0 atom stereocenters. The average molecular weight is 395 g/mol. The van der Waals surface area contributed by atoms with Crippen molar-refractivity contribution in [2.75, 3.05) is 33.3 Å². The zero-order valence-corrected chi connectivity index (χ0v) is 16.0. The number of para-hydroxylation sites is 1. The van der Waals surface area contributed by atoms with E-state index in [9.17, 15) is 19.7 Å². The van der Waals surface area contributed by atoms with E-state index in [1.54, 1.807) is 59.4 Å². The van der Waals surface area contributed by atoms with Crippen LogP contribution in [0.2, 0.25) is 0 Å². The summed E-state index contributed by atoms with van der Waals surface area (Å²) >= 11 is 0. The fourth-order valence-electron chi connectivity index (χ4n) is 3.11. The van der Waals surface area contributed by atoms with Crippen LogP contribution >= 0.6 is 0 Å². The van der Waals surface area contributed by atoms with Gasteiger partial charge in [-0.3, -0.25) is 19.7 Å². The number of nitrogens with zero attached hydrogens (tertiary/aromatic N) is 3. The van der Waals surface area contributed by atoms with Gasteiger partial charge in [0.1, 0.15) is 5.75 Å². The van der Waals surface area contributed by atoms with Crippen molar-refractivity contribution in [2.24, 2.45) is 0 Å². The Morgan fingerprint density at radius 2 is 1.62 bits per heavy atom. The zero-order valence-electron chi connectivity index (χ0n) is 16.0. The van der Waals surface area contributed by atoms with Gasteiger partial charge in [-0.15, -0.1) is 0 Å². The Morgan fingerprint density at radius 1 is 1.00 bits per heavy atom. The quantitative estimate of drug-likeness (QED) is 0.441. The van der Waals surface area contributed by atoms with Crippen molar-refractivity contribution < 1.29 is 19.2 Å². The molecule has 1 saturated heterocycles. The topological polar surface area (TPSA) is 93.0 Å². The highest BCUT2D eigenvalue weighted by molar-refractivity contribution is 5.95. The summed E-state index contributed by atoms with van der Waals surface area (Å²) < 4.78 is 5.10. The molecule has 0 aliphatic carbocycles. The van der Waals surface area contributed by atoms with Gasteiger partial charge in [-0.2, -0.15) is 0 Å². The van der Waals surface area contributed by atoms with E-state index >= 15 is 0 Å². The van der Waals surface area contributed by atoms with E-state index in [1.165, 1.54) is 18.2 Å². The van der Waals surface area contributed by atoms with Crippen LogP contribution in [0, 0.1) is 10.1 Å². The number of nitro groups is 1. The van der Waals surface area contributed by atoms with E-state index in [2.05, 4.69) is 0 Å². The molecule has 2 amide bonds. The van der Waals surface area contributed by atoms with Gasteiger partial charge in [0, 0.05) is 43.9 Å². The Balaban J connectivity index is 1.58. The molecule has 1 heterocycles. The number of carbonyl (C=O) groups is 2. The lowest BCUT2D eigenvalue weighted by molar-refractivity contribution is -0.385. The van der Waals surface area contributed by atoms with Crippen LogP contribution in [-0.4, -0.2) is 59.8 Å². The SMILES string of the molecule is COc1ccc(C(=O)N2CCN(C(=O)/C=C/c3ccccc3[N+](=O)[O-])CC2)cc1. The minimum Gasteiger partial charge on any atom is -0.497 e. The monoisotopic (exact) mass is 395 g/mol. The Hall–Kier alpha value is -3.68. The highest BCUT2D eigenvalue weighted by Crippen LogP contribution is 2.19. The third-order valence-corrected chi connectivity index (χ3v) is 4.75. The van der Waals surface area contributed by atoms with Crippen LogP contribution in [0.15, 0.2) is 54.6 Å². The van der Waals surface area contributed by atoms with Gasteiger partial charge in [0.15, 0.2) is 0 Å². The van der Waals surface area contributed by atoms with E-state index in [0.717, 1.165) is 0 Å². The lowest BCUT2D eigenvalue weighted by atomic mass is 10.1. The molecule has 3 rings (SSSR count). The van der Waals surface area contributed by atoms with Crippen LogP contribution in [0.5, 0.6) is 5.75 Å². The third kappa shape index (κ3) is 4.78. The van der Waals surface area contributed by atoms with Crippen molar-refractivity contribution in [1.29, 1.82) is 0 Å². The largest absolute Gasteiger partial charge is 0.497 e. The van der Waals surface area contributed by atoms with Crippen LogP contribution in [0.4, 0.5) is 5.69 Å². The van der Waals surface area contributed by atoms with Gasteiger partial charge in [0.25, 0.3) is 11.6 Å². The first-order valence-electron chi connectivity index (χ1n) is 9.13. The smallest absolute Gasteiger partial charge is 0.276 e. The molecule has 2 aromatic rings. The second-order valence-corrected chi connectivity index (χ2v) is 6.50. The number of ether oxygens (including phenoxy) is 1. The van der Waals surface area contributed by atoms with Crippen molar-refractivity contribution >= 4 is 23.6 Å². The first-order chi connectivity index (χ1) is 14.0. The van der Waals surface area contributed by atoms with E-state index in [1.807, 2.05) is 0 Å². The highest BCUT2D eigenvalue weighted by Gasteiger charge is 2.24. The number of benzene rings is 2. The Labute approximate surface area is 168 Å². The first kappa shape index (κ1) is 20.1. The molecule has 1 aliphatic rings. The molecule has 0 radical (unpaired) electrons. The minimum atomic E-state index is -0.478. The molecule has 8 nitrogen and oxygen atoms in total. The van der Waals surface area contributed by atoms with Crippen LogP contribution in [0.3, 0.4) is 0 Å². The number of hydrogen-bond donors (Lipinski definition) is 0. The van der Waals surface area contributed by atoms with Gasteiger partial charge in [0.2, 0.25) is 5.91 Å². The predicted octanol–water partition coefficient (Wildman–Crippen LogP) is 2.60. The Bertz CT molecular complexity index is 932. The Kier molecular flexibility index (Phi) is 6.23. The van der Waals surface area contributed by atoms with Crippen LogP contribution < -0.4 is 4.74 Å². The summed E-state index contributed by atoms with van der Waals surface area (Å²) in [4.78, 5) is 38.9. The maximum atomic E-state index is 12.6. The van der Waals surface area contributed by atoms with Crippen LogP contribution in [0.25, 0.3) is 6.08 Å². The van der Waals surface area contributed by atoms with E-state index < -0.39 is 4.92 Å². The minimum absolute atomic E-state index is 0.0496. The summed E-state index contributed by atoms with van der Waals surface area (Å²) in [5.41, 5.74) is 0.896. The van der Waals surface area contributed by atoms with Crippen molar-refractivity contribution in [3.63, 3.8) is 0 Å². The second kappa shape index (κ2) is 9.01. The third-order valence-electron chi connectivity index (χ3n) is 4.75. The molecule has 1 aliphatic heterocycles. The molecular weight excluding hydrogens is 374 g/mol. The molecule has 1 fully saturated rings. The van der Waals surface area contributed by atoms with Gasteiger partial charge in [0.05, 0.1) is 17.6 Å². The van der Waals surface area contributed by atoms with Crippen molar-refractivity contribution in [1.82, 2.24) is 9.80 Å². The van der Waals surface area contributed by atoms with Gasteiger partial charge in [-0.05, 0) is 36.4 Å². The molecule has 0 spiro atoms. The lowest BCUT2D eigenvalue weighted by Crippen LogP contribution is -2.50. The maximum Gasteiger partial charge on any atom is 0.276 e. The van der Waals surface area contributed by atoms with Crippen molar-refractivity contribution in [2.45, 2.75) is 0 Å². The number of rotatable bonds is 5. The number of amides is 2. The molecule has 0 N–H and O–H groups in total. The number of carbonyl (C=O) groups excluding carboxylic acids is 2. The first-order valence-corrected chi connectivity index (χ1v) is 9.13. The summed E-state index contributed by atoms with van der Waals surface area (Å²) in [6.45, 7) is 1.66. The predicted molar refractivity (Wildman–Crippen MR) is 108 cm³/mol. The molecule has 0 saturated carbocycles. The summed E-state index contributed by atoms with van der Waals surface area (Å²) in [6.07, 6.45) is 2.79. The van der Waals surface area contributed by atoms with E-state index in [-0.39, 0.29) is 17.5 Å². The van der Waals surface area contributed by atoms with E-state index in [0.29, 0.717) is 43.1 Å². The molecule has 0 aromatic heterocycles. The fraction of sp³-hybridized carbons (Fsp3) is 0.238. The summed E-state index contributed by atoms with van der Waals surface area (Å²) in [6, 6.07) is 13.2. The molecule has 29 heavy (non-hydrogen) atoms. The fourth-order valence-corrected chi connectivity index (χ4v) is 3.11. The molecule has 150 valence electrons. The van der Waals surface area contributed by atoms with Crippen molar-refractivity contribution in [3.05, 3.63) is 75.8 Å². The van der Waals surface area contributed by atoms with Gasteiger partial charge in [-0.25, -0.2) is 0 Å². The molecule has 2 aromatic carbocycles. The van der Waals surface area contributed by atoms with Gasteiger partial charge < -0.3 is 14.5 Å². The summed E-state index contributed by atoms with van der Waals surface area (Å²) in [7, 11) is 1.57. The molecular formula is C21H21N3O5. The highest BCUT2D eigenvalue weighted by atomic mass is 16.6. The lowest BCUT2D eigenvalue weighted by Gasteiger charge is -2.34. The maximum absolute atomic E-state index is 12.6. The Morgan fingerprint density at radius 3 is 2.24 bits per heavy atom. The van der Waals surface area contributed by atoms with Crippen molar-refractivity contribution in [3.8, 4) is 5.75 Å². The van der Waals surface area contributed by atoms with Crippen LogP contribution in [-0.2, 0) is 4.79 Å². The number of nitro benzene ring substituents is 1. The van der Waals surface area contributed by atoms with Crippen LogP contribution in [0.1, 0.15) is 15.9 Å². The molecule has 0 bridgehead atoms. The average Bonchev–Trinajstić information content (AvgIpc) is 2.77. The second-order valence-electron chi connectivity index (χ2n) is 6.50. The van der Waals surface area contributed by atoms with E-state index in [4.69, 9.17) is 4.74 Å². The normalized spacial score (nSPS) is 14.1. The molecule has 0 unspecified atom stereocenters. The zero-order chi connectivity index (χ0) is 20.8. The number of hydrogen-bond acceptors (Lipinski definition) is 5. The summed E-state index contributed by atoms with van der Waals surface area (Å²) in [5.74, 6) is 0.359. The number of methoxy groups -OCH3 is 1. The van der Waals surface area contributed by atoms with Gasteiger partial charge in [-0.1, -0.05) is 12.1 Å². The van der Waals surface area contributed by atoms with Gasteiger partial charge >= 0.3 is 0 Å². The molecule has 8 heteroatoms. The standard InChI is InChI=1S/C21H21N3O5/c1-29-18-9-6-17(7-10-18)21(26)23-14-12-22(13-15-23)20(25)11-8-16-4-2-3-5-19(16)24(27)28/h2-11H,12-15H2,1H3/b11-8+. The summed E-state index contributed by atoms with van der Waals surface area (Å²) in [5, 5.41) is 11.1. The number of piperazine rings is 1.